The number of carbonyl (C=O) groups excluding carboxylic acids is 2. The fourth-order valence-corrected chi connectivity index (χ4v) is 3.48. The van der Waals surface area contributed by atoms with E-state index in [0.717, 1.165) is 25.0 Å². The summed E-state index contributed by atoms with van der Waals surface area (Å²) < 4.78 is 33.1. The van der Waals surface area contributed by atoms with E-state index in [9.17, 15) is 18.4 Å². The zero-order chi connectivity index (χ0) is 17.3. The average molecular weight is 338 g/mol. The number of likely N-dealkylation sites (tertiary alicyclic amines) is 2. The van der Waals surface area contributed by atoms with E-state index < -0.39 is 23.1 Å². The van der Waals surface area contributed by atoms with E-state index in [4.69, 9.17) is 4.74 Å². The number of rotatable bonds is 3. The van der Waals surface area contributed by atoms with Gasteiger partial charge in [-0.05, 0) is 19.3 Å². The first-order valence-electron chi connectivity index (χ1n) is 8.13. The van der Waals surface area contributed by atoms with Crippen LogP contribution in [-0.2, 0) is 4.79 Å². The molecular formula is C17H20F2N2O3. The molecule has 2 saturated heterocycles. The molecule has 0 radical (unpaired) electrons. The minimum atomic E-state index is -0.934. The van der Waals surface area contributed by atoms with Gasteiger partial charge >= 0.3 is 0 Å². The highest BCUT2D eigenvalue weighted by molar-refractivity contribution is 5.95. The van der Waals surface area contributed by atoms with Crippen molar-refractivity contribution in [2.45, 2.75) is 31.7 Å². The van der Waals surface area contributed by atoms with Gasteiger partial charge in [0, 0.05) is 44.2 Å². The van der Waals surface area contributed by atoms with Crippen molar-refractivity contribution < 1.29 is 23.1 Å². The lowest BCUT2D eigenvalue weighted by atomic mass is 10.0. The molecule has 130 valence electrons. The molecule has 5 nitrogen and oxygen atoms in total. The Bertz CT molecular complexity index is 642. The Balaban J connectivity index is 1.78. The minimum Gasteiger partial charge on any atom is -0.497 e. The molecule has 1 atom stereocenters. The molecular weight excluding hydrogens is 318 g/mol. The standard InChI is InChI=1S/C17H20F2N2O3/c1-24-12-8-13(18)16(14(19)9-12)17(23)20-6-2-4-11(10-20)21-7-3-5-15(21)22/h8-9,11H,2-7,10H2,1H3/t11-/m1/s1. The van der Waals surface area contributed by atoms with Crippen LogP contribution < -0.4 is 4.74 Å². The Morgan fingerprint density at radius 3 is 2.50 bits per heavy atom. The molecule has 0 aromatic heterocycles. The first-order valence-corrected chi connectivity index (χ1v) is 8.13. The highest BCUT2D eigenvalue weighted by atomic mass is 19.1. The molecule has 2 amide bonds. The first kappa shape index (κ1) is 16.7. The molecule has 2 aliphatic heterocycles. The number of hydrogen-bond donors (Lipinski definition) is 0. The molecule has 2 fully saturated rings. The van der Waals surface area contributed by atoms with Gasteiger partial charge in [0.15, 0.2) is 0 Å². The molecule has 1 aromatic carbocycles. The highest BCUT2D eigenvalue weighted by Crippen LogP contribution is 2.25. The number of piperidine rings is 1. The molecule has 3 rings (SSSR count). The number of nitrogens with zero attached hydrogens (tertiary/aromatic N) is 2. The zero-order valence-corrected chi connectivity index (χ0v) is 13.6. The lowest BCUT2D eigenvalue weighted by Gasteiger charge is -2.37. The van der Waals surface area contributed by atoms with E-state index in [-0.39, 0.29) is 17.7 Å². The third-order valence-electron chi connectivity index (χ3n) is 4.70. The normalized spacial score (nSPS) is 21.3. The summed E-state index contributed by atoms with van der Waals surface area (Å²) in [5.41, 5.74) is -0.566. The van der Waals surface area contributed by atoms with Gasteiger partial charge in [-0.3, -0.25) is 9.59 Å². The Morgan fingerprint density at radius 1 is 1.21 bits per heavy atom. The zero-order valence-electron chi connectivity index (χ0n) is 13.6. The maximum absolute atomic E-state index is 14.1. The number of carbonyl (C=O) groups is 2. The van der Waals surface area contributed by atoms with Gasteiger partial charge < -0.3 is 14.5 Å². The van der Waals surface area contributed by atoms with Crippen LogP contribution in [0.15, 0.2) is 12.1 Å². The molecule has 0 N–H and O–H groups in total. The predicted octanol–water partition coefficient (Wildman–Crippen LogP) is 2.20. The Hall–Kier alpha value is -2.18. The molecule has 0 spiro atoms. The van der Waals surface area contributed by atoms with Gasteiger partial charge in [0.25, 0.3) is 5.91 Å². The van der Waals surface area contributed by atoms with E-state index in [2.05, 4.69) is 0 Å². The number of methoxy groups -OCH3 is 1. The minimum absolute atomic E-state index is 0.0285. The lowest BCUT2D eigenvalue weighted by Crippen LogP contribution is -2.50. The van der Waals surface area contributed by atoms with Crippen LogP contribution in [0.25, 0.3) is 0 Å². The average Bonchev–Trinajstić information content (AvgIpc) is 3.00. The number of benzene rings is 1. The topological polar surface area (TPSA) is 49.9 Å². The van der Waals surface area contributed by atoms with Crippen molar-refractivity contribution >= 4 is 11.8 Å². The van der Waals surface area contributed by atoms with E-state index in [1.807, 2.05) is 0 Å². The molecule has 0 unspecified atom stereocenters. The monoisotopic (exact) mass is 338 g/mol. The summed E-state index contributed by atoms with van der Waals surface area (Å²) >= 11 is 0. The maximum atomic E-state index is 14.1. The second-order valence-electron chi connectivity index (χ2n) is 6.20. The SMILES string of the molecule is COc1cc(F)c(C(=O)N2CCC[C@@H](N3CCCC3=O)C2)c(F)c1. The van der Waals surface area contributed by atoms with Gasteiger partial charge in [0.1, 0.15) is 22.9 Å². The maximum Gasteiger partial charge on any atom is 0.259 e. The van der Waals surface area contributed by atoms with Crippen LogP contribution in [0.2, 0.25) is 0 Å². The van der Waals surface area contributed by atoms with Gasteiger partial charge in [-0.1, -0.05) is 0 Å². The van der Waals surface area contributed by atoms with E-state index in [0.29, 0.717) is 32.5 Å². The van der Waals surface area contributed by atoms with Gasteiger partial charge in [-0.25, -0.2) is 8.78 Å². The Kier molecular flexibility index (Phi) is 4.69. The van der Waals surface area contributed by atoms with Gasteiger partial charge in [-0.2, -0.15) is 0 Å². The molecule has 0 bridgehead atoms. The third kappa shape index (κ3) is 3.07. The second-order valence-corrected chi connectivity index (χ2v) is 6.20. The smallest absolute Gasteiger partial charge is 0.259 e. The lowest BCUT2D eigenvalue weighted by molar-refractivity contribution is -0.130. The van der Waals surface area contributed by atoms with Gasteiger partial charge in [0.05, 0.1) is 7.11 Å². The largest absolute Gasteiger partial charge is 0.497 e. The summed E-state index contributed by atoms with van der Waals surface area (Å²) in [4.78, 5) is 27.7. The molecule has 7 heteroatoms. The van der Waals surface area contributed by atoms with Crippen LogP contribution in [0.5, 0.6) is 5.75 Å². The summed E-state index contributed by atoms with van der Waals surface area (Å²) in [5.74, 6) is -2.42. The Morgan fingerprint density at radius 2 is 1.92 bits per heavy atom. The van der Waals surface area contributed by atoms with Crippen LogP contribution in [0, 0.1) is 11.6 Å². The molecule has 2 heterocycles. The number of hydrogen-bond acceptors (Lipinski definition) is 3. The van der Waals surface area contributed by atoms with Crippen LogP contribution in [0.1, 0.15) is 36.0 Å². The Labute approximate surface area is 139 Å². The van der Waals surface area contributed by atoms with Crippen LogP contribution >= 0.6 is 0 Å². The van der Waals surface area contributed by atoms with E-state index >= 15 is 0 Å². The number of ether oxygens (including phenoxy) is 1. The summed E-state index contributed by atoms with van der Waals surface area (Å²) in [6.45, 7) is 1.44. The van der Waals surface area contributed by atoms with Crippen LogP contribution in [0.4, 0.5) is 8.78 Å². The van der Waals surface area contributed by atoms with Gasteiger partial charge in [0.2, 0.25) is 5.91 Å². The molecule has 0 saturated carbocycles. The number of halogens is 2. The van der Waals surface area contributed by atoms with Crippen LogP contribution in [0.3, 0.4) is 0 Å². The van der Waals surface area contributed by atoms with Crippen molar-refractivity contribution in [1.82, 2.24) is 9.80 Å². The molecule has 0 aliphatic carbocycles. The summed E-state index contributed by atoms with van der Waals surface area (Å²) in [6.07, 6.45) is 2.87. The molecule has 24 heavy (non-hydrogen) atoms. The van der Waals surface area contributed by atoms with Crippen molar-refractivity contribution in [2.24, 2.45) is 0 Å². The summed E-state index contributed by atoms with van der Waals surface area (Å²) in [7, 11) is 1.30. The fraction of sp³-hybridized carbons (Fsp3) is 0.529. The predicted molar refractivity (Wildman–Crippen MR) is 82.8 cm³/mol. The number of amides is 2. The van der Waals surface area contributed by atoms with Crippen molar-refractivity contribution in [3.05, 3.63) is 29.3 Å². The summed E-state index contributed by atoms with van der Waals surface area (Å²) in [5, 5.41) is 0. The highest BCUT2D eigenvalue weighted by Gasteiger charge is 2.34. The van der Waals surface area contributed by atoms with E-state index in [1.54, 1.807) is 4.90 Å². The van der Waals surface area contributed by atoms with Crippen molar-refractivity contribution in [2.75, 3.05) is 26.7 Å². The van der Waals surface area contributed by atoms with E-state index in [1.165, 1.54) is 12.0 Å². The fourth-order valence-electron chi connectivity index (χ4n) is 3.48. The first-order chi connectivity index (χ1) is 11.5. The summed E-state index contributed by atoms with van der Waals surface area (Å²) in [6, 6.07) is 1.94. The van der Waals surface area contributed by atoms with Crippen molar-refractivity contribution in [3.63, 3.8) is 0 Å². The van der Waals surface area contributed by atoms with Gasteiger partial charge in [-0.15, -0.1) is 0 Å². The van der Waals surface area contributed by atoms with Crippen LogP contribution in [-0.4, -0.2) is 54.4 Å². The van der Waals surface area contributed by atoms with Crippen molar-refractivity contribution in [3.8, 4) is 5.75 Å². The quantitative estimate of drug-likeness (QED) is 0.849. The van der Waals surface area contributed by atoms with Crippen molar-refractivity contribution in [1.29, 1.82) is 0 Å². The second kappa shape index (κ2) is 6.75. The molecule has 2 aliphatic rings. The molecule has 1 aromatic rings. The third-order valence-corrected chi connectivity index (χ3v) is 4.70.